The molecule has 0 saturated carbocycles. The van der Waals surface area contributed by atoms with E-state index in [4.69, 9.17) is 9.47 Å². The van der Waals surface area contributed by atoms with Crippen LogP contribution in [0.5, 0.6) is 0 Å². The molecule has 0 bridgehead atoms. The van der Waals surface area contributed by atoms with Gasteiger partial charge in [0.2, 0.25) is 0 Å². The molecule has 0 aliphatic rings. The standard InChI is InChI=1S/C14H20FNO3/c1-4-19-14(17)13(16-7-8-18-3)12-6-5-11(15)9-10(12)2/h5-6,9,13,16H,4,7-8H2,1-3H3. The van der Waals surface area contributed by atoms with Crippen molar-refractivity contribution >= 4 is 5.97 Å². The van der Waals surface area contributed by atoms with E-state index in [-0.39, 0.29) is 11.8 Å². The van der Waals surface area contributed by atoms with Crippen LogP contribution in [0.3, 0.4) is 0 Å². The molecule has 19 heavy (non-hydrogen) atoms. The number of methoxy groups -OCH3 is 1. The summed E-state index contributed by atoms with van der Waals surface area (Å²) in [5, 5.41) is 3.06. The van der Waals surface area contributed by atoms with Gasteiger partial charge in [0.25, 0.3) is 0 Å². The molecule has 0 fully saturated rings. The number of halogens is 1. The zero-order valence-electron chi connectivity index (χ0n) is 11.5. The number of ether oxygens (including phenoxy) is 2. The summed E-state index contributed by atoms with van der Waals surface area (Å²) in [6, 6.07) is 3.74. The maximum atomic E-state index is 13.1. The Morgan fingerprint density at radius 3 is 2.79 bits per heavy atom. The maximum absolute atomic E-state index is 13.1. The topological polar surface area (TPSA) is 47.6 Å². The summed E-state index contributed by atoms with van der Waals surface area (Å²) >= 11 is 0. The van der Waals surface area contributed by atoms with Crippen LogP contribution in [0.4, 0.5) is 4.39 Å². The monoisotopic (exact) mass is 269 g/mol. The first-order valence-corrected chi connectivity index (χ1v) is 6.25. The fraction of sp³-hybridized carbons (Fsp3) is 0.500. The molecule has 0 saturated heterocycles. The van der Waals surface area contributed by atoms with Gasteiger partial charge in [0, 0.05) is 13.7 Å². The van der Waals surface area contributed by atoms with Crippen molar-refractivity contribution in [2.75, 3.05) is 26.9 Å². The quantitative estimate of drug-likeness (QED) is 0.607. The first-order valence-electron chi connectivity index (χ1n) is 6.25. The first-order chi connectivity index (χ1) is 9.10. The third-order valence-electron chi connectivity index (χ3n) is 2.72. The van der Waals surface area contributed by atoms with Crippen LogP contribution in [-0.4, -0.2) is 32.8 Å². The average molecular weight is 269 g/mol. The Morgan fingerprint density at radius 2 is 2.21 bits per heavy atom. The zero-order valence-corrected chi connectivity index (χ0v) is 11.5. The number of hydrogen-bond donors (Lipinski definition) is 1. The van der Waals surface area contributed by atoms with Crippen LogP contribution in [0.15, 0.2) is 18.2 Å². The molecule has 106 valence electrons. The molecule has 1 aromatic carbocycles. The van der Waals surface area contributed by atoms with Crippen molar-refractivity contribution in [3.63, 3.8) is 0 Å². The molecule has 0 aliphatic heterocycles. The third kappa shape index (κ3) is 4.61. The molecule has 1 rings (SSSR count). The predicted molar refractivity (Wildman–Crippen MR) is 70.4 cm³/mol. The molecule has 0 heterocycles. The number of carbonyl (C=O) groups excluding carboxylic acids is 1. The number of nitrogens with one attached hydrogen (secondary N) is 1. The van der Waals surface area contributed by atoms with Crippen LogP contribution >= 0.6 is 0 Å². The number of aryl methyl sites for hydroxylation is 1. The largest absolute Gasteiger partial charge is 0.465 e. The normalized spacial score (nSPS) is 12.2. The second kappa shape index (κ2) is 7.86. The Morgan fingerprint density at radius 1 is 1.47 bits per heavy atom. The minimum absolute atomic E-state index is 0.307. The molecule has 4 nitrogen and oxygen atoms in total. The zero-order chi connectivity index (χ0) is 14.3. The van der Waals surface area contributed by atoms with Gasteiger partial charge in [-0.3, -0.25) is 5.32 Å². The van der Waals surface area contributed by atoms with E-state index in [1.165, 1.54) is 12.1 Å². The first kappa shape index (κ1) is 15.6. The molecule has 1 N–H and O–H groups in total. The number of benzene rings is 1. The summed E-state index contributed by atoms with van der Waals surface area (Å²) in [7, 11) is 1.59. The summed E-state index contributed by atoms with van der Waals surface area (Å²) in [4.78, 5) is 12.0. The van der Waals surface area contributed by atoms with Gasteiger partial charge in [0.05, 0.1) is 13.2 Å². The summed E-state index contributed by atoms with van der Waals surface area (Å²) in [6.07, 6.45) is 0. The second-order valence-corrected chi connectivity index (χ2v) is 4.13. The summed E-state index contributed by atoms with van der Waals surface area (Å²) in [5.74, 6) is -0.686. The van der Waals surface area contributed by atoms with Crippen molar-refractivity contribution in [1.82, 2.24) is 5.32 Å². The molecule has 1 unspecified atom stereocenters. The van der Waals surface area contributed by atoms with Gasteiger partial charge in [0.1, 0.15) is 11.9 Å². The van der Waals surface area contributed by atoms with Crippen molar-refractivity contribution in [2.24, 2.45) is 0 Å². The SMILES string of the molecule is CCOC(=O)C(NCCOC)c1ccc(F)cc1C. The van der Waals surface area contributed by atoms with Crippen molar-refractivity contribution in [2.45, 2.75) is 19.9 Å². The van der Waals surface area contributed by atoms with Gasteiger partial charge < -0.3 is 9.47 Å². The smallest absolute Gasteiger partial charge is 0.327 e. The fourth-order valence-corrected chi connectivity index (χ4v) is 1.81. The highest BCUT2D eigenvalue weighted by Crippen LogP contribution is 2.20. The Balaban J connectivity index is 2.90. The molecular weight excluding hydrogens is 249 g/mol. The van der Waals surface area contributed by atoms with Crippen LogP contribution < -0.4 is 5.32 Å². The molecule has 0 aliphatic carbocycles. The van der Waals surface area contributed by atoms with Crippen LogP contribution in [0.2, 0.25) is 0 Å². The lowest BCUT2D eigenvalue weighted by atomic mass is 10.0. The van der Waals surface area contributed by atoms with E-state index in [1.54, 1.807) is 27.0 Å². The van der Waals surface area contributed by atoms with E-state index in [1.807, 2.05) is 0 Å². The molecule has 0 amide bonds. The molecule has 5 heteroatoms. The Labute approximate surface area is 112 Å². The highest BCUT2D eigenvalue weighted by atomic mass is 19.1. The van der Waals surface area contributed by atoms with E-state index in [0.29, 0.717) is 25.3 Å². The Bertz CT molecular complexity index is 423. The average Bonchev–Trinajstić information content (AvgIpc) is 2.36. The summed E-state index contributed by atoms with van der Waals surface area (Å²) in [5.41, 5.74) is 1.43. The summed E-state index contributed by atoms with van der Waals surface area (Å²) < 4.78 is 23.1. The number of esters is 1. The van der Waals surface area contributed by atoms with E-state index >= 15 is 0 Å². The lowest BCUT2D eigenvalue weighted by Crippen LogP contribution is -2.33. The molecule has 0 radical (unpaired) electrons. The molecular formula is C14H20FNO3. The van der Waals surface area contributed by atoms with Crippen molar-refractivity contribution in [1.29, 1.82) is 0 Å². The van der Waals surface area contributed by atoms with Gasteiger partial charge in [-0.05, 0) is 37.1 Å². The molecule has 1 aromatic rings. The Hall–Kier alpha value is -1.46. The van der Waals surface area contributed by atoms with E-state index in [2.05, 4.69) is 5.32 Å². The second-order valence-electron chi connectivity index (χ2n) is 4.13. The molecule has 0 spiro atoms. The highest BCUT2D eigenvalue weighted by molar-refractivity contribution is 5.78. The Kier molecular flexibility index (Phi) is 6.45. The van der Waals surface area contributed by atoms with E-state index in [9.17, 15) is 9.18 Å². The lowest BCUT2D eigenvalue weighted by molar-refractivity contribution is -0.145. The van der Waals surface area contributed by atoms with Crippen LogP contribution in [0.25, 0.3) is 0 Å². The fourth-order valence-electron chi connectivity index (χ4n) is 1.81. The predicted octanol–water partition coefficient (Wildman–Crippen LogP) is 1.97. The molecule has 0 aromatic heterocycles. The minimum Gasteiger partial charge on any atom is -0.465 e. The number of hydrogen-bond acceptors (Lipinski definition) is 4. The van der Waals surface area contributed by atoms with Gasteiger partial charge >= 0.3 is 5.97 Å². The van der Waals surface area contributed by atoms with Crippen molar-refractivity contribution in [3.8, 4) is 0 Å². The lowest BCUT2D eigenvalue weighted by Gasteiger charge is -2.19. The van der Waals surface area contributed by atoms with Crippen molar-refractivity contribution < 1.29 is 18.7 Å². The van der Waals surface area contributed by atoms with Crippen LogP contribution in [0, 0.1) is 12.7 Å². The van der Waals surface area contributed by atoms with Crippen LogP contribution in [0.1, 0.15) is 24.1 Å². The number of rotatable bonds is 7. The van der Waals surface area contributed by atoms with E-state index < -0.39 is 6.04 Å². The molecule has 1 atom stereocenters. The van der Waals surface area contributed by atoms with Gasteiger partial charge in [0.15, 0.2) is 0 Å². The van der Waals surface area contributed by atoms with Gasteiger partial charge in [-0.2, -0.15) is 0 Å². The van der Waals surface area contributed by atoms with Crippen molar-refractivity contribution in [3.05, 3.63) is 35.1 Å². The van der Waals surface area contributed by atoms with Gasteiger partial charge in [-0.25, -0.2) is 9.18 Å². The van der Waals surface area contributed by atoms with Gasteiger partial charge in [-0.1, -0.05) is 6.07 Å². The number of carbonyl (C=O) groups is 1. The highest BCUT2D eigenvalue weighted by Gasteiger charge is 2.23. The van der Waals surface area contributed by atoms with Crippen LogP contribution in [-0.2, 0) is 14.3 Å². The third-order valence-corrected chi connectivity index (χ3v) is 2.72. The van der Waals surface area contributed by atoms with E-state index in [0.717, 1.165) is 5.56 Å². The summed E-state index contributed by atoms with van der Waals surface area (Å²) in [6.45, 7) is 4.82. The maximum Gasteiger partial charge on any atom is 0.327 e. The van der Waals surface area contributed by atoms with Gasteiger partial charge in [-0.15, -0.1) is 0 Å². The minimum atomic E-state index is -0.601.